The summed E-state index contributed by atoms with van der Waals surface area (Å²) >= 11 is 0. The van der Waals surface area contributed by atoms with Crippen LogP contribution in [0.2, 0.25) is 0 Å². The van der Waals surface area contributed by atoms with Crippen LogP contribution in [0.25, 0.3) is 0 Å². The van der Waals surface area contributed by atoms with Gasteiger partial charge < -0.3 is 47.3 Å². The van der Waals surface area contributed by atoms with Gasteiger partial charge in [-0.05, 0) is 183 Å². The van der Waals surface area contributed by atoms with E-state index in [9.17, 15) is 45.6 Å². The molecule has 9 amide bonds. The first-order valence-corrected chi connectivity index (χ1v) is 26.9. The number of sulfone groups is 2. The summed E-state index contributed by atoms with van der Waals surface area (Å²) in [5, 5.41) is 23.9. The number of urea groups is 4. The highest BCUT2D eigenvalue weighted by atomic mass is 32.2. The predicted molar refractivity (Wildman–Crippen MR) is 305 cm³/mol. The van der Waals surface area contributed by atoms with Gasteiger partial charge in [0.05, 0.1) is 25.3 Å². The van der Waals surface area contributed by atoms with E-state index in [0.717, 1.165) is 5.56 Å². The van der Waals surface area contributed by atoms with Crippen LogP contribution < -0.4 is 52.6 Å². The number of rotatable bonds is 15. The van der Waals surface area contributed by atoms with Crippen molar-refractivity contribution in [3.05, 3.63) is 199 Å². The maximum absolute atomic E-state index is 13.5. The number of nitrogens with zero attached hydrogens (tertiary/aromatic N) is 1. The fourth-order valence-corrected chi connectivity index (χ4v) is 10.1. The Morgan fingerprint density at radius 1 is 0.375 bits per heavy atom. The molecule has 0 saturated carbocycles. The van der Waals surface area contributed by atoms with Crippen LogP contribution in [0.1, 0.15) is 16.7 Å². The lowest BCUT2D eigenvalue weighted by Gasteiger charge is -2.13. The molecular formula is C57H48N10O11S2. The molecule has 0 spiro atoms. The number of benzene rings is 8. The van der Waals surface area contributed by atoms with Crippen molar-refractivity contribution in [3.63, 3.8) is 0 Å². The number of anilines is 9. The minimum absolute atomic E-state index is 0.0459. The second-order valence-electron chi connectivity index (χ2n) is 17.5. The number of aliphatic imine (C=N–C) groups is 1. The molecule has 0 radical (unpaired) electrons. The summed E-state index contributed by atoms with van der Waals surface area (Å²) in [5.74, 6) is 0.361. The summed E-state index contributed by atoms with van der Waals surface area (Å²) in [6, 6.07) is 42.6. The molecule has 23 heteroatoms. The van der Waals surface area contributed by atoms with Gasteiger partial charge in [0, 0.05) is 51.2 Å². The lowest BCUT2D eigenvalue weighted by atomic mass is 10.2. The average Bonchev–Trinajstić information content (AvgIpc) is 3.42. The molecule has 0 heterocycles. The number of ether oxygens (including phenoxy) is 1. The predicted octanol–water partition coefficient (Wildman–Crippen LogP) is 12.4. The average molecular weight is 1110 g/mol. The monoisotopic (exact) mass is 1110 g/mol. The third-order valence-electron chi connectivity index (χ3n) is 11.8. The molecule has 0 atom stereocenters. The second-order valence-corrected chi connectivity index (χ2v) is 21.4. The van der Waals surface area contributed by atoms with E-state index >= 15 is 0 Å². The number of carbonyl (C=O) groups excluding carboxylic acids is 6. The number of carbonyl (C=O) groups is 5. The van der Waals surface area contributed by atoms with Crippen molar-refractivity contribution in [1.29, 1.82) is 0 Å². The van der Waals surface area contributed by atoms with E-state index in [0.29, 0.717) is 62.4 Å². The first-order valence-electron chi connectivity index (χ1n) is 24.0. The van der Waals surface area contributed by atoms with E-state index in [1.54, 1.807) is 93.6 Å². The van der Waals surface area contributed by atoms with Crippen LogP contribution in [0.5, 0.6) is 5.75 Å². The molecule has 80 heavy (non-hydrogen) atoms. The summed E-state index contributed by atoms with van der Waals surface area (Å²) in [5.41, 5.74) is 5.41. The Labute approximate surface area is 458 Å². The lowest BCUT2D eigenvalue weighted by Crippen LogP contribution is -2.21. The molecule has 0 unspecified atom stereocenters. The molecule has 21 nitrogen and oxygen atoms in total. The molecule has 0 saturated heterocycles. The number of hydrogen-bond acceptors (Lipinski definition) is 12. The highest BCUT2D eigenvalue weighted by Gasteiger charge is 2.21. The minimum atomic E-state index is -4.02. The van der Waals surface area contributed by atoms with Gasteiger partial charge in [0.2, 0.25) is 25.8 Å². The fourth-order valence-electron chi connectivity index (χ4n) is 7.56. The lowest BCUT2D eigenvalue weighted by molar-refractivity contribution is 0.215. The van der Waals surface area contributed by atoms with Gasteiger partial charge >= 0.3 is 30.2 Å². The maximum atomic E-state index is 13.5. The van der Waals surface area contributed by atoms with Crippen LogP contribution >= 0.6 is 0 Å². The standard InChI is InChI=1S/C57H48N10O11S2/c1-35-9-12-42(31-50(35)58-34-68)63-53(69)59-38-15-23-46(24-16-38)79(74,75)47-25-17-39(18-26-47)60-54(70)64-43-13-10-36(2)51(32-43)66-56(72)62-41-21-29-49(30-22-41)80(76,77)48-27-19-40(20-28-48)61-55(71)65-44-14-11-37(3)52(33-44)67-57(73)78-45-7-5-4-6-8-45/h4-33H,1-3H3,(H,67,73)(H2,59,63,69)(H2,60,64,70)(H2,61,65,71)(H2,62,66,72). The van der Waals surface area contributed by atoms with E-state index in [1.807, 2.05) is 0 Å². The fraction of sp³-hybridized carbons (Fsp3) is 0.0526. The van der Waals surface area contributed by atoms with Crippen molar-refractivity contribution in [1.82, 2.24) is 0 Å². The van der Waals surface area contributed by atoms with E-state index in [-0.39, 0.29) is 31.0 Å². The number of isocyanates is 1. The van der Waals surface area contributed by atoms with Crippen molar-refractivity contribution in [2.45, 2.75) is 40.4 Å². The number of nitrogens with one attached hydrogen (secondary N) is 9. The second kappa shape index (κ2) is 24.6. The Kier molecular flexibility index (Phi) is 17.1. The molecule has 8 rings (SSSR count). The number of para-hydroxylation sites is 1. The van der Waals surface area contributed by atoms with Crippen molar-refractivity contribution >= 4 is 113 Å². The van der Waals surface area contributed by atoms with E-state index in [2.05, 4.69) is 52.8 Å². The van der Waals surface area contributed by atoms with Crippen LogP contribution in [0.4, 0.5) is 80.8 Å². The van der Waals surface area contributed by atoms with E-state index < -0.39 is 49.9 Å². The minimum Gasteiger partial charge on any atom is -0.410 e. The van der Waals surface area contributed by atoms with E-state index in [4.69, 9.17) is 4.74 Å². The highest BCUT2D eigenvalue weighted by Crippen LogP contribution is 2.29. The summed E-state index contributed by atoms with van der Waals surface area (Å²) in [6.45, 7) is 5.27. The molecule has 8 aromatic carbocycles. The molecule has 0 bridgehead atoms. The van der Waals surface area contributed by atoms with Gasteiger partial charge in [-0.25, -0.2) is 45.6 Å². The van der Waals surface area contributed by atoms with Crippen molar-refractivity contribution < 1.29 is 50.3 Å². The summed E-state index contributed by atoms with van der Waals surface area (Å²) in [7, 11) is -8.02. The molecular weight excluding hydrogens is 1060 g/mol. The van der Waals surface area contributed by atoms with Crippen molar-refractivity contribution in [3.8, 4) is 5.75 Å². The normalized spacial score (nSPS) is 10.9. The van der Waals surface area contributed by atoms with Crippen LogP contribution in [-0.4, -0.2) is 53.1 Å². The van der Waals surface area contributed by atoms with Crippen LogP contribution in [0.3, 0.4) is 0 Å². The largest absolute Gasteiger partial charge is 0.417 e. The smallest absolute Gasteiger partial charge is 0.410 e. The summed E-state index contributed by atoms with van der Waals surface area (Å²) in [4.78, 5) is 78.1. The van der Waals surface area contributed by atoms with Crippen LogP contribution in [0, 0.1) is 20.8 Å². The number of aryl methyl sites for hydroxylation is 3. The Hall–Kier alpha value is -10.6. The SMILES string of the molecule is Cc1ccc(NC(=O)Nc2ccc(S(=O)(=O)c3ccc(NC(=O)Nc4ccc(C)c(NC(=O)Nc5ccc(S(=O)(=O)c6ccc(NC(=O)Nc7ccc(C)c(NC(=O)Oc8ccccc8)c7)cc6)cc5)c4)cc3)cc2)cc1N=C=O. The molecule has 0 aromatic heterocycles. The summed E-state index contributed by atoms with van der Waals surface area (Å²) in [6.07, 6.45) is 0.759. The molecule has 9 N–H and O–H groups in total. The topological polar surface area (TPSA) is 301 Å². The van der Waals surface area contributed by atoms with Crippen molar-refractivity contribution in [2.24, 2.45) is 4.99 Å². The molecule has 404 valence electrons. The number of amides is 9. The molecule has 0 aliphatic carbocycles. The van der Waals surface area contributed by atoms with Gasteiger partial charge in [0.15, 0.2) is 0 Å². The van der Waals surface area contributed by atoms with Crippen molar-refractivity contribution in [2.75, 3.05) is 47.9 Å². The van der Waals surface area contributed by atoms with Gasteiger partial charge in [-0.1, -0.05) is 36.4 Å². The first kappa shape index (κ1) is 55.6. The zero-order valence-electron chi connectivity index (χ0n) is 42.6. The van der Waals surface area contributed by atoms with Gasteiger partial charge in [0.1, 0.15) is 5.75 Å². The quantitative estimate of drug-likeness (QED) is 0.0343. The maximum Gasteiger partial charge on any atom is 0.417 e. The first-order chi connectivity index (χ1) is 38.3. The van der Waals surface area contributed by atoms with Gasteiger partial charge in [-0.15, -0.1) is 0 Å². The molecule has 0 fully saturated rings. The molecule has 0 aliphatic heterocycles. The zero-order chi connectivity index (χ0) is 57.0. The third kappa shape index (κ3) is 14.4. The number of hydrogen-bond donors (Lipinski definition) is 9. The Morgan fingerprint density at radius 3 is 1.06 bits per heavy atom. The van der Waals surface area contributed by atoms with Gasteiger partial charge in [-0.2, -0.15) is 4.99 Å². The zero-order valence-corrected chi connectivity index (χ0v) is 44.2. The highest BCUT2D eigenvalue weighted by molar-refractivity contribution is 7.91. The third-order valence-corrected chi connectivity index (χ3v) is 15.3. The summed E-state index contributed by atoms with van der Waals surface area (Å²) < 4.78 is 59.3. The Morgan fingerprint density at radius 2 is 0.688 bits per heavy atom. The van der Waals surface area contributed by atoms with E-state index in [1.165, 1.54) is 115 Å². The van der Waals surface area contributed by atoms with Gasteiger partial charge in [-0.3, -0.25) is 5.32 Å². The van der Waals surface area contributed by atoms with Crippen LogP contribution in [0.15, 0.2) is 207 Å². The van der Waals surface area contributed by atoms with Gasteiger partial charge in [0.25, 0.3) is 0 Å². The Balaban J connectivity index is 0.791. The molecule has 8 aromatic rings. The van der Waals surface area contributed by atoms with Crippen LogP contribution in [-0.2, 0) is 24.5 Å². The molecule has 0 aliphatic rings. The Bertz CT molecular complexity index is 3940.